The van der Waals surface area contributed by atoms with Crippen LogP contribution < -0.4 is 14.9 Å². The summed E-state index contributed by atoms with van der Waals surface area (Å²) in [6.07, 6.45) is 5.99. The van der Waals surface area contributed by atoms with E-state index in [0.717, 1.165) is 12.2 Å². The third kappa shape index (κ3) is 7.38. The van der Waals surface area contributed by atoms with Gasteiger partial charge in [0.15, 0.2) is 0 Å². The molecule has 0 fully saturated rings. The summed E-state index contributed by atoms with van der Waals surface area (Å²) < 4.78 is 6.75. The second kappa shape index (κ2) is 13.0. The Morgan fingerprint density at radius 2 is 1.54 bits per heavy atom. The summed E-state index contributed by atoms with van der Waals surface area (Å²) in [5.74, 6) is 1.09. The van der Waals surface area contributed by atoms with Crippen LogP contribution in [-0.4, -0.2) is 14.1 Å². The van der Waals surface area contributed by atoms with Crippen LogP contribution in [0.4, 0.5) is 5.69 Å². The Labute approximate surface area is 228 Å². The number of para-hydroxylation sites is 1. The molecule has 0 aromatic heterocycles. The molecule has 2 atom stereocenters. The molecule has 0 saturated heterocycles. The van der Waals surface area contributed by atoms with E-state index in [1.807, 2.05) is 0 Å². The largest absolute Gasteiger partial charge is 0.488 e. The van der Waals surface area contributed by atoms with Crippen molar-refractivity contribution < 1.29 is 4.74 Å². The molecule has 3 aromatic carbocycles. The van der Waals surface area contributed by atoms with Crippen LogP contribution in [0.15, 0.2) is 66.7 Å². The highest BCUT2D eigenvalue weighted by Gasteiger charge is 2.36. The molecule has 2 nitrogen and oxygen atoms in total. The molecule has 0 radical (unpaired) electrons. The lowest BCUT2D eigenvalue weighted by atomic mass is 9.80. The summed E-state index contributed by atoms with van der Waals surface area (Å²) in [5, 5.41) is 1.47. The Hall–Kier alpha value is -2.31. The molecule has 3 aromatic rings. The van der Waals surface area contributed by atoms with E-state index in [-0.39, 0.29) is 10.6 Å². The summed E-state index contributed by atoms with van der Waals surface area (Å²) in [4.78, 5) is 2.26. The monoisotopic (exact) mass is 517 g/mol. The second-order valence-electron chi connectivity index (χ2n) is 11.6. The maximum absolute atomic E-state index is 6.75. The van der Waals surface area contributed by atoms with E-state index in [4.69, 9.17) is 4.74 Å². The summed E-state index contributed by atoms with van der Waals surface area (Å²) in [6.45, 7) is 14.5. The Balaban J connectivity index is 2.20. The number of hydrogen-bond acceptors (Lipinski definition) is 2. The molecule has 0 amide bonds. The fourth-order valence-corrected chi connectivity index (χ4v) is 7.04. The van der Waals surface area contributed by atoms with Gasteiger partial charge in [0.25, 0.3) is 0 Å². The molecular formula is C34H48NOP. The SMILES string of the molecule is CCCCCC(CC)(Pc1ccccc1N(C)C)c1cc(C(C)(C)C)cc(C)c1OCc1ccccc1. The number of anilines is 1. The zero-order valence-corrected chi connectivity index (χ0v) is 25.4. The molecule has 200 valence electrons. The van der Waals surface area contributed by atoms with Crippen molar-refractivity contribution in [2.45, 2.75) is 90.8 Å². The van der Waals surface area contributed by atoms with Crippen LogP contribution in [0, 0.1) is 6.92 Å². The number of rotatable bonds is 12. The molecule has 0 aliphatic rings. The lowest BCUT2D eigenvalue weighted by Gasteiger charge is -2.38. The quantitative estimate of drug-likeness (QED) is 0.175. The van der Waals surface area contributed by atoms with Gasteiger partial charge in [-0.1, -0.05) is 123 Å². The molecule has 3 heteroatoms. The van der Waals surface area contributed by atoms with Gasteiger partial charge in [-0.2, -0.15) is 0 Å². The highest BCUT2D eigenvalue weighted by Crippen LogP contribution is 2.53. The molecule has 0 aliphatic carbocycles. The predicted octanol–water partition coefficient (Wildman–Crippen LogP) is 9.13. The van der Waals surface area contributed by atoms with Crippen molar-refractivity contribution in [1.82, 2.24) is 0 Å². The van der Waals surface area contributed by atoms with E-state index in [0.29, 0.717) is 15.2 Å². The van der Waals surface area contributed by atoms with Crippen molar-refractivity contribution in [3.63, 3.8) is 0 Å². The fourth-order valence-electron chi connectivity index (χ4n) is 5.11. The van der Waals surface area contributed by atoms with Crippen LogP contribution in [0.3, 0.4) is 0 Å². The zero-order chi connectivity index (χ0) is 27.1. The minimum atomic E-state index is 0.0271. The van der Waals surface area contributed by atoms with Crippen LogP contribution in [0.1, 0.15) is 89.0 Å². The van der Waals surface area contributed by atoms with Gasteiger partial charge in [-0.25, -0.2) is 0 Å². The maximum Gasteiger partial charge on any atom is 0.126 e. The number of hydrogen-bond donors (Lipinski definition) is 0. The first-order chi connectivity index (χ1) is 17.6. The molecule has 2 unspecified atom stereocenters. The van der Waals surface area contributed by atoms with Gasteiger partial charge in [0.2, 0.25) is 0 Å². The first kappa shape index (κ1) is 29.2. The standard InChI is InChI=1S/C34H48NOP/c1-9-11-17-22-34(10-2,37-31-21-16-15-20-30(31)35(7)8)29-24-28(33(4,5)6)23-26(3)32(29)36-25-27-18-13-12-14-19-27/h12-16,18-21,23-24,37H,9-11,17,22,25H2,1-8H3. The number of aryl methyl sites for hydroxylation is 1. The summed E-state index contributed by atoms with van der Waals surface area (Å²) in [6, 6.07) is 24.4. The predicted molar refractivity (Wildman–Crippen MR) is 165 cm³/mol. The van der Waals surface area contributed by atoms with Gasteiger partial charge in [-0.05, 0) is 53.2 Å². The minimum absolute atomic E-state index is 0.0271. The van der Waals surface area contributed by atoms with Crippen LogP contribution in [0.5, 0.6) is 5.75 Å². The zero-order valence-electron chi connectivity index (χ0n) is 24.4. The van der Waals surface area contributed by atoms with Gasteiger partial charge in [0.1, 0.15) is 12.4 Å². The number of unbranched alkanes of at least 4 members (excludes halogenated alkanes) is 2. The molecule has 0 heterocycles. The molecule has 0 aliphatic heterocycles. The Morgan fingerprint density at radius 1 is 0.865 bits per heavy atom. The Kier molecular flexibility index (Phi) is 10.3. The highest BCUT2D eigenvalue weighted by molar-refractivity contribution is 7.49. The number of ether oxygens (including phenoxy) is 1. The second-order valence-corrected chi connectivity index (χ2v) is 13.4. The van der Waals surface area contributed by atoms with Crippen molar-refractivity contribution in [2.75, 3.05) is 19.0 Å². The average Bonchev–Trinajstić information content (AvgIpc) is 2.87. The van der Waals surface area contributed by atoms with E-state index in [2.05, 4.69) is 127 Å². The first-order valence-corrected chi connectivity index (χ1v) is 15.0. The summed E-state index contributed by atoms with van der Waals surface area (Å²) >= 11 is 0. The van der Waals surface area contributed by atoms with Crippen molar-refractivity contribution in [3.05, 3.63) is 89.0 Å². The van der Waals surface area contributed by atoms with Crippen LogP contribution in [0.2, 0.25) is 0 Å². The first-order valence-electron chi connectivity index (χ1n) is 14.0. The third-order valence-electron chi connectivity index (χ3n) is 7.45. The Bertz CT molecular complexity index is 1130. The van der Waals surface area contributed by atoms with Crippen molar-refractivity contribution in [1.29, 1.82) is 0 Å². The minimum Gasteiger partial charge on any atom is -0.488 e. The summed E-state index contributed by atoms with van der Waals surface area (Å²) in [7, 11) is 4.99. The molecule has 0 bridgehead atoms. The molecule has 3 rings (SSSR count). The highest BCUT2D eigenvalue weighted by atomic mass is 31.1. The smallest absolute Gasteiger partial charge is 0.126 e. The van der Waals surface area contributed by atoms with Gasteiger partial charge >= 0.3 is 0 Å². The van der Waals surface area contributed by atoms with Crippen molar-refractivity contribution in [3.8, 4) is 5.75 Å². The van der Waals surface area contributed by atoms with Crippen molar-refractivity contribution in [2.24, 2.45) is 0 Å². The van der Waals surface area contributed by atoms with E-state index in [9.17, 15) is 0 Å². The number of benzene rings is 3. The molecular weight excluding hydrogens is 469 g/mol. The van der Waals surface area contributed by atoms with Gasteiger partial charge < -0.3 is 9.64 Å². The van der Waals surface area contributed by atoms with Gasteiger partial charge in [0.05, 0.1) is 0 Å². The van der Waals surface area contributed by atoms with Crippen LogP contribution in [0.25, 0.3) is 0 Å². The fraction of sp³-hybridized carbons (Fsp3) is 0.471. The lowest BCUT2D eigenvalue weighted by Crippen LogP contribution is -2.27. The average molecular weight is 518 g/mol. The Morgan fingerprint density at radius 3 is 2.16 bits per heavy atom. The number of nitrogens with zero attached hydrogens (tertiary/aromatic N) is 1. The van der Waals surface area contributed by atoms with Gasteiger partial charge in [-0.15, -0.1) is 0 Å². The molecule has 37 heavy (non-hydrogen) atoms. The maximum atomic E-state index is 6.75. The van der Waals surface area contributed by atoms with E-state index in [1.165, 1.54) is 58.9 Å². The van der Waals surface area contributed by atoms with E-state index < -0.39 is 0 Å². The molecule has 0 spiro atoms. The molecule has 0 saturated carbocycles. The van der Waals surface area contributed by atoms with Crippen LogP contribution in [-0.2, 0) is 17.2 Å². The van der Waals surface area contributed by atoms with E-state index in [1.54, 1.807) is 0 Å². The normalized spacial score (nSPS) is 13.6. The topological polar surface area (TPSA) is 12.5 Å². The van der Waals surface area contributed by atoms with E-state index >= 15 is 0 Å². The third-order valence-corrected chi connectivity index (χ3v) is 9.50. The lowest BCUT2D eigenvalue weighted by molar-refractivity contribution is 0.295. The van der Waals surface area contributed by atoms with Crippen LogP contribution >= 0.6 is 8.58 Å². The van der Waals surface area contributed by atoms with Gasteiger partial charge in [0, 0.05) is 30.5 Å². The van der Waals surface area contributed by atoms with Crippen molar-refractivity contribution >= 4 is 19.6 Å². The van der Waals surface area contributed by atoms with Gasteiger partial charge in [-0.3, -0.25) is 0 Å². The summed E-state index contributed by atoms with van der Waals surface area (Å²) in [5.41, 5.74) is 6.65. The molecule has 0 N–H and O–H groups in total.